The third kappa shape index (κ3) is 5.46. The summed E-state index contributed by atoms with van der Waals surface area (Å²) in [5.41, 5.74) is 2.12. The number of carbonyl (C=O) groups is 2. The van der Waals surface area contributed by atoms with Gasteiger partial charge in [0.1, 0.15) is 0 Å². The Hall–Kier alpha value is -2.08. The van der Waals surface area contributed by atoms with Crippen LogP contribution in [0.15, 0.2) is 24.3 Å². The molecule has 1 aromatic rings. The molecule has 0 bridgehead atoms. The number of carbonyl (C=O) groups excluding carboxylic acids is 1. The maximum atomic E-state index is 12.5. The van der Waals surface area contributed by atoms with Crippen LogP contribution in [0.4, 0.5) is 10.5 Å². The number of piperidine rings is 1. The van der Waals surface area contributed by atoms with E-state index in [1.54, 1.807) is 0 Å². The molecule has 6 nitrogen and oxygen atoms in total. The first-order valence-electron chi connectivity index (χ1n) is 9.33. The van der Waals surface area contributed by atoms with Crippen molar-refractivity contribution in [3.8, 4) is 0 Å². The molecule has 0 spiro atoms. The third-order valence-corrected chi connectivity index (χ3v) is 5.01. The molecule has 0 atom stereocenters. The fraction of sp³-hybridized carbons (Fsp3) is 0.600. The summed E-state index contributed by atoms with van der Waals surface area (Å²) in [4.78, 5) is 27.2. The lowest BCUT2D eigenvalue weighted by molar-refractivity contribution is -0.139. The van der Waals surface area contributed by atoms with E-state index in [0.717, 1.165) is 18.5 Å². The predicted octanol–water partition coefficient (Wildman–Crippen LogP) is 3.39. The van der Waals surface area contributed by atoms with Gasteiger partial charge in [0.05, 0.1) is 6.54 Å². The lowest BCUT2D eigenvalue weighted by Crippen LogP contribution is -2.49. The number of nitrogens with one attached hydrogen (secondary N) is 1. The van der Waals surface area contributed by atoms with Crippen molar-refractivity contribution in [2.45, 2.75) is 52.0 Å². The van der Waals surface area contributed by atoms with E-state index in [-0.39, 0.29) is 24.0 Å². The highest BCUT2D eigenvalue weighted by atomic mass is 16.4. The number of aliphatic carboxylic acids is 1. The molecular formula is C20H31N3O3. The van der Waals surface area contributed by atoms with Gasteiger partial charge in [-0.25, -0.2) is 4.79 Å². The standard InChI is InChI=1S/C20H31N3O3/c1-5-22(14-18(24)25)17-10-12-23(13-11-17)19(26)21-16-8-6-15(7-9-16)20(2,3)4/h6-9,17H,5,10-14H2,1-4H3,(H,21,26)(H,24,25). The number of benzene rings is 1. The number of likely N-dealkylation sites (tertiary alicyclic amines) is 1. The maximum absolute atomic E-state index is 12.5. The second kappa shape index (κ2) is 8.54. The molecule has 2 N–H and O–H groups in total. The molecular weight excluding hydrogens is 330 g/mol. The minimum atomic E-state index is -0.800. The molecule has 6 heteroatoms. The van der Waals surface area contributed by atoms with E-state index in [9.17, 15) is 9.59 Å². The zero-order chi connectivity index (χ0) is 19.3. The van der Waals surface area contributed by atoms with Crippen molar-refractivity contribution >= 4 is 17.7 Å². The minimum Gasteiger partial charge on any atom is -0.480 e. The highest BCUT2D eigenvalue weighted by molar-refractivity contribution is 5.89. The quantitative estimate of drug-likeness (QED) is 0.843. The average molecular weight is 361 g/mol. The van der Waals surface area contributed by atoms with Crippen LogP contribution in [-0.2, 0) is 10.2 Å². The van der Waals surface area contributed by atoms with Crippen molar-refractivity contribution in [1.82, 2.24) is 9.80 Å². The van der Waals surface area contributed by atoms with Crippen LogP contribution in [0.3, 0.4) is 0 Å². The molecule has 1 heterocycles. The Bertz CT molecular complexity index is 614. The molecule has 2 amide bonds. The Morgan fingerprint density at radius 2 is 1.77 bits per heavy atom. The predicted molar refractivity (Wildman–Crippen MR) is 104 cm³/mol. The molecule has 1 aromatic carbocycles. The number of hydrogen-bond acceptors (Lipinski definition) is 3. The van der Waals surface area contributed by atoms with E-state index in [0.29, 0.717) is 19.6 Å². The third-order valence-electron chi connectivity index (χ3n) is 5.01. The molecule has 1 aliphatic heterocycles. The van der Waals surface area contributed by atoms with Crippen LogP contribution in [0.1, 0.15) is 46.1 Å². The fourth-order valence-corrected chi connectivity index (χ4v) is 3.36. The summed E-state index contributed by atoms with van der Waals surface area (Å²) in [5, 5.41) is 12.0. The SMILES string of the molecule is CCN(CC(=O)O)C1CCN(C(=O)Nc2ccc(C(C)(C)C)cc2)CC1. The number of rotatable bonds is 5. The molecule has 1 saturated heterocycles. The zero-order valence-corrected chi connectivity index (χ0v) is 16.3. The maximum Gasteiger partial charge on any atom is 0.321 e. The summed E-state index contributed by atoms with van der Waals surface area (Å²) in [6.07, 6.45) is 1.61. The molecule has 1 fully saturated rings. The molecule has 0 unspecified atom stereocenters. The Kier molecular flexibility index (Phi) is 6.64. The van der Waals surface area contributed by atoms with Crippen molar-refractivity contribution in [1.29, 1.82) is 0 Å². The highest BCUT2D eigenvalue weighted by Gasteiger charge is 2.27. The molecule has 1 aliphatic rings. The molecule has 0 aromatic heterocycles. The van der Waals surface area contributed by atoms with Gasteiger partial charge in [0.25, 0.3) is 0 Å². The van der Waals surface area contributed by atoms with Crippen molar-refractivity contribution in [2.24, 2.45) is 0 Å². The molecule has 0 saturated carbocycles. The first kappa shape index (κ1) is 20.2. The van der Waals surface area contributed by atoms with Crippen LogP contribution < -0.4 is 5.32 Å². The second-order valence-corrected chi connectivity index (χ2v) is 7.93. The molecule has 2 rings (SSSR count). The number of hydrogen-bond donors (Lipinski definition) is 2. The van der Waals surface area contributed by atoms with Crippen molar-refractivity contribution in [2.75, 3.05) is 31.5 Å². The normalized spacial score (nSPS) is 16.0. The van der Waals surface area contributed by atoms with Gasteiger partial charge in [0.2, 0.25) is 0 Å². The largest absolute Gasteiger partial charge is 0.480 e. The number of amides is 2. The summed E-state index contributed by atoms with van der Waals surface area (Å²) >= 11 is 0. The van der Waals surface area contributed by atoms with Crippen molar-refractivity contribution in [3.63, 3.8) is 0 Å². The molecule has 144 valence electrons. The lowest BCUT2D eigenvalue weighted by atomic mass is 9.87. The van der Waals surface area contributed by atoms with Gasteiger partial charge in [-0.1, -0.05) is 39.8 Å². The van der Waals surface area contributed by atoms with Crippen LogP contribution >= 0.6 is 0 Å². The summed E-state index contributed by atoms with van der Waals surface area (Å²) < 4.78 is 0. The fourth-order valence-electron chi connectivity index (χ4n) is 3.36. The van der Waals surface area contributed by atoms with Crippen LogP contribution in [0.2, 0.25) is 0 Å². The van der Waals surface area contributed by atoms with E-state index in [1.807, 2.05) is 41.0 Å². The van der Waals surface area contributed by atoms with Gasteiger partial charge in [-0.15, -0.1) is 0 Å². The first-order chi connectivity index (χ1) is 12.2. The minimum absolute atomic E-state index is 0.0630. The van der Waals surface area contributed by atoms with Gasteiger partial charge >= 0.3 is 12.0 Å². The molecule has 0 radical (unpaired) electrons. The average Bonchev–Trinajstić information content (AvgIpc) is 2.59. The van der Waals surface area contributed by atoms with Crippen LogP contribution in [0.25, 0.3) is 0 Å². The number of nitrogens with zero attached hydrogens (tertiary/aromatic N) is 2. The number of carboxylic acids is 1. The van der Waals surface area contributed by atoms with Crippen LogP contribution in [0, 0.1) is 0 Å². The van der Waals surface area contributed by atoms with Gasteiger partial charge in [-0.05, 0) is 42.5 Å². The number of carboxylic acid groups (broad SMARTS) is 1. The van der Waals surface area contributed by atoms with Crippen molar-refractivity contribution in [3.05, 3.63) is 29.8 Å². The Balaban J connectivity index is 1.87. The Morgan fingerprint density at radius 3 is 2.23 bits per heavy atom. The van der Waals surface area contributed by atoms with E-state index in [1.165, 1.54) is 5.56 Å². The summed E-state index contributed by atoms with van der Waals surface area (Å²) in [6, 6.07) is 8.12. The number of likely N-dealkylation sites (N-methyl/N-ethyl adjacent to an activating group) is 1. The number of anilines is 1. The summed E-state index contributed by atoms with van der Waals surface area (Å²) in [7, 11) is 0. The van der Waals surface area contributed by atoms with Crippen LogP contribution in [-0.4, -0.2) is 59.1 Å². The van der Waals surface area contributed by atoms with E-state index in [4.69, 9.17) is 5.11 Å². The molecule has 26 heavy (non-hydrogen) atoms. The smallest absolute Gasteiger partial charge is 0.321 e. The first-order valence-corrected chi connectivity index (χ1v) is 9.33. The van der Waals surface area contributed by atoms with Gasteiger partial charge in [0, 0.05) is 24.8 Å². The molecule has 0 aliphatic carbocycles. The van der Waals surface area contributed by atoms with Gasteiger partial charge in [0.15, 0.2) is 0 Å². The van der Waals surface area contributed by atoms with Gasteiger partial charge in [-0.2, -0.15) is 0 Å². The Morgan fingerprint density at radius 1 is 1.19 bits per heavy atom. The zero-order valence-electron chi connectivity index (χ0n) is 16.3. The summed E-state index contributed by atoms with van der Waals surface area (Å²) in [6.45, 7) is 10.5. The van der Waals surface area contributed by atoms with Crippen molar-refractivity contribution < 1.29 is 14.7 Å². The monoisotopic (exact) mass is 361 g/mol. The van der Waals surface area contributed by atoms with Gasteiger partial charge < -0.3 is 15.3 Å². The lowest BCUT2D eigenvalue weighted by Gasteiger charge is -2.37. The Labute approximate surface area is 156 Å². The highest BCUT2D eigenvalue weighted by Crippen LogP contribution is 2.24. The van der Waals surface area contributed by atoms with E-state index < -0.39 is 5.97 Å². The van der Waals surface area contributed by atoms with E-state index >= 15 is 0 Å². The van der Waals surface area contributed by atoms with Gasteiger partial charge in [-0.3, -0.25) is 9.69 Å². The topological polar surface area (TPSA) is 72.9 Å². The van der Waals surface area contributed by atoms with Crippen LogP contribution in [0.5, 0.6) is 0 Å². The van der Waals surface area contributed by atoms with E-state index in [2.05, 4.69) is 26.1 Å². The second-order valence-electron chi connectivity index (χ2n) is 7.93. The number of urea groups is 1. The summed E-state index contributed by atoms with van der Waals surface area (Å²) in [5.74, 6) is -0.800.